The zero-order valence-electron chi connectivity index (χ0n) is 15.6. The van der Waals surface area contributed by atoms with Crippen LogP contribution in [0.25, 0.3) is 0 Å². The molecule has 0 aliphatic carbocycles. The molecule has 1 aromatic rings. The molecule has 3 rings (SSSR count). The van der Waals surface area contributed by atoms with E-state index in [2.05, 4.69) is 9.80 Å². The van der Waals surface area contributed by atoms with Gasteiger partial charge in [-0.3, -0.25) is 0 Å². The maximum atomic E-state index is 12.6. The second kappa shape index (κ2) is 9.26. The molecule has 0 saturated carbocycles. The second-order valence-corrected chi connectivity index (χ2v) is 7.62. The van der Waals surface area contributed by atoms with E-state index >= 15 is 0 Å². The van der Waals surface area contributed by atoms with Gasteiger partial charge in [0.05, 0.1) is 5.56 Å². The lowest BCUT2D eigenvalue weighted by molar-refractivity contribution is -0.137. The molecule has 1 atom stereocenters. The maximum Gasteiger partial charge on any atom is 0.416 e. The maximum absolute atomic E-state index is 12.6. The fourth-order valence-corrected chi connectivity index (χ4v) is 4.03. The number of ether oxygens (including phenoxy) is 1. The van der Waals surface area contributed by atoms with Crippen LogP contribution in [0.2, 0.25) is 0 Å². The van der Waals surface area contributed by atoms with Crippen molar-refractivity contribution in [2.24, 2.45) is 0 Å². The molecule has 152 valence electrons. The lowest BCUT2D eigenvalue weighted by atomic mass is 10.00. The molecule has 0 spiro atoms. The molecular formula is C20H29F3N2O2. The smallest absolute Gasteiger partial charge is 0.416 e. The highest BCUT2D eigenvalue weighted by molar-refractivity contribution is 5.28. The van der Waals surface area contributed by atoms with Crippen LogP contribution in [0.15, 0.2) is 24.3 Å². The van der Waals surface area contributed by atoms with Crippen LogP contribution in [0.5, 0.6) is 5.75 Å². The highest BCUT2D eigenvalue weighted by Gasteiger charge is 2.30. The highest BCUT2D eigenvalue weighted by atomic mass is 19.4. The topological polar surface area (TPSA) is 35.9 Å². The van der Waals surface area contributed by atoms with Crippen molar-refractivity contribution < 1.29 is 23.0 Å². The van der Waals surface area contributed by atoms with Gasteiger partial charge in [0, 0.05) is 12.6 Å². The molecule has 0 unspecified atom stereocenters. The number of benzene rings is 1. The monoisotopic (exact) mass is 386 g/mol. The van der Waals surface area contributed by atoms with Gasteiger partial charge in [0.1, 0.15) is 18.5 Å². The molecule has 27 heavy (non-hydrogen) atoms. The third-order valence-electron chi connectivity index (χ3n) is 5.56. The summed E-state index contributed by atoms with van der Waals surface area (Å²) >= 11 is 0. The van der Waals surface area contributed by atoms with Crippen molar-refractivity contribution in [2.45, 2.75) is 50.4 Å². The van der Waals surface area contributed by atoms with Gasteiger partial charge in [0.15, 0.2) is 0 Å². The van der Waals surface area contributed by atoms with Gasteiger partial charge < -0.3 is 19.6 Å². The number of alkyl halides is 3. The lowest BCUT2D eigenvalue weighted by Crippen LogP contribution is -2.48. The van der Waals surface area contributed by atoms with E-state index in [1.165, 1.54) is 44.5 Å². The van der Waals surface area contributed by atoms with Crippen LogP contribution in [0, 0.1) is 0 Å². The number of aliphatic hydroxyl groups excluding tert-OH is 1. The number of β-amino-alcohol motifs (C(OH)–C–C–N with tert-alkyl or cyclic N) is 1. The molecule has 0 radical (unpaired) electrons. The van der Waals surface area contributed by atoms with E-state index in [1.54, 1.807) is 0 Å². The first-order chi connectivity index (χ1) is 12.9. The molecule has 2 aliphatic rings. The molecule has 7 heteroatoms. The molecule has 2 fully saturated rings. The van der Waals surface area contributed by atoms with Crippen molar-refractivity contribution in [1.29, 1.82) is 0 Å². The van der Waals surface area contributed by atoms with Gasteiger partial charge in [0.25, 0.3) is 0 Å². The van der Waals surface area contributed by atoms with Crippen LogP contribution in [-0.2, 0) is 6.18 Å². The van der Waals surface area contributed by atoms with Gasteiger partial charge >= 0.3 is 6.18 Å². The van der Waals surface area contributed by atoms with Gasteiger partial charge in [-0.05, 0) is 76.1 Å². The number of hydrogen-bond acceptors (Lipinski definition) is 4. The van der Waals surface area contributed by atoms with Crippen LogP contribution in [0.1, 0.15) is 37.7 Å². The van der Waals surface area contributed by atoms with Crippen LogP contribution < -0.4 is 4.74 Å². The summed E-state index contributed by atoms with van der Waals surface area (Å²) in [6.45, 7) is 4.99. The van der Waals surface area contributed by atoms with E-state index in [4.69, 9.17) is 4.74 Å². The molecule has 2 saturated heterocycles. The van der Waals surface area contributed by atoms with Crippen molar-refractivity contribution >= 4 is 0 Å². The second-order valence-electron chi connectivity index (χ2n) is 7.62. The minimum absolute atomic E-state index is 0.0808. The van der Waals surface area contributed by atoms with Crippen molar-refractivity contribution in [2.75, 3.05) is 39.3 Å². The summed E-state index contributed by atoms with van der Waals surface area (Å²) < 4.78 is 43.1. The molecule has 1 aromatic carbocycles. The average molecular weight is 386 g/mol. The Bertz CT molecular complexity index is 566. The Kier molecular flexibility index (Phi) is 7.00. The Balaban J connectivity index is 1.36. The van der Waals surface area contributed by atoms with Gasteiger partial charge in [-0.2, -0.15) is 13.2 Å². The zero-order chi connectivity index (χ0) is 19.3. The van der Waals surface area contributed by atoms with E-state index in [0.29, 0.717) is 18.3 Å². The molecule has 0 aromatic heterocycles. The predicted molar refractivity (Wildman–Crippen MR) is 97.8 cm³/mol. The van der Waals surface area contributed by atoms with Gasteiger partial charge in [-0.25, -0.2) is 0 Å². The Morgan fingerprint density at radius 3 is 2.22 bits per heavy atom. The molecule has 0 bridgehead atoms. The first-order valence-electron chi connectivity index (χ1n) is 9.86. The first kappa shape index (κ1) is 20.4. The normalized spacial score (nSPS) is 21.9. The predicted octanol–water partition coefficient (Wildman–Crippen LogP) is 3.40. The number of nitrogens with zero attached hydrogens (tertiary/aromatic N) is 2. The Hall–Kier alpha value is -1.31. The van der Waals surface area contributed by atoms with Crippen LogP contribution >= 0.6 is 0 Å². The van der Waals surface area contributed by atoms with E-state index < -0.39 is 17.8 Å². The Labute approximate surface area is 158 Å². The van der Waals surface area contributed by atoms with Crippen molar-refractivity contribution in [1.82, 2.24) is 9.80 Å². The Morgan fingerprint density at radius 2 is 1.63 bits per heavy atom. The summed E-state index contributed by atoms with van der Waals surface area (Å²) in [6.07, 6.45) is 1.22. The molecule has 2 aliphatic heterocycles. The van der Waals surface area contributed by atoms with Crippen molar-refractivity contribution in [3.8, 4) is 5.75 Å². The molecule has 0 amide bonds. The quantitative estimate of drug-likeness (QED) is 0.813. The van der Waals surface area contributed by atoms with Crippen molar-refractivity contribution in [3.05, 3.63) is 29.8 Å². The summed E-state index contributed by atoms with van der Waals surface area (Å²) in [5.74, 6) is 0.339. The lowest BCUT2D eigenvalue weighted by Gasteiger charge is -2.40. The molecule has 2 heterocycles. The molecular weight excluding hydrogens is 357 g/mol. The van der Waals surface area contributed by atoms with E-state index in [0.717, 1.165) is 38.1 Å². The summed E-state index contributed by atoms with van der Waals surface area (Å²) in [5, 5.41) is 10.2. The number of hydrogen-bond donors (Lipinski definition) is 1. The molecule has 1 N–H and O–H groups in total. The minimum atomic E-state index is -4.35. The standard InChI is InChI=1S/C20H29F3N2O2/c21-20(22,23)16-4-6-19(7-5-16)27-15-18(26)14-24-12-8-17(9-13-24)25-10-2-1-3-11-25/h4-7,17-18,26H,1-3,8-15H2/t18-/m0/s1. The third-order valence-corrected chi connectivity index (χ3v) is 5.56. The zero-order valence-corrected chi connectivity index (χ0v) is 15.6. The number of aliphatic hydroxyl groups is 1. The van der Waals surface area contributed by atoms with Gasteiger partial charge in [-0.1, -0.05) is 6.42 Å². The van der Waals surface area contributed by atoms with Crippen LogP contribution in [0.3, 0.4) is 0 Å². The van der Waals surface area contributed by atoms with Gasteiger partial charge in [-0.15, -0.1) is 0 Å². The number of piperidine rings is 2. The van der Waals surface area contributed by atoms with Gasteiger partial charge in [0.2, 0.25) is 0 Å². The number of likely N-dealkylation sites (tertiary alicyclic amines) is 2. The fourth-order valence-electron chi connectivity index (χ4n) is 4.03. The van der Waals surface area contributed by atoms with Crippen LogP contribution in [-0.4, -0.2) is 66.4 Å². The SMILES string of the molecule is O[C@H](COc1ccc(C(F)(F)F)cc1)CN1CCC(N2CCCCC2)CC1. The summed E-state index contributed by atoms with van der Waals surface area (Å²) in [6, 6.07) is 5.24. The summed E-state index contributed by atoms with van der Waals surface area (Å²) in [5.41, 5.74) is -0.702. The largest absolute Gasteiger partial charge is 0.491 e. The summed E-state index contributed by atoms with van der Waals surface area (Å²) in [7, 11) is 0. The third kappa shape index (κ3) is 6.09. The van der Waals surface area contributed by atoms with Crippen molar-refractivity contribution in [3.63, 3.8) is 0 Å². The van der Waals surface area contributed by atoms with Crippen LogP contribution in [0.4, 0.5) is 13.2 Å². The van der Waals surface area contributed by atoms with E-state index in [1.807, 2.05) is 0 Å². The average Bonchev–Trinajstić information content (AvgIpc) is 2.67. The fraction of sp³-hybridized carbons (Fsp3) is 0.700. The summed E-state index contributed by atoms with van der Waals surface area (Å²) in [4.78, 5) is 4.87. The van der Waals surface area contributed by atoms with E-state index in [-0.39, 0.29) is 6.61 Å². The molecule has 4 nitrogen and oxygen atoms in total. The minimum Gasteiger partial charge on any atom is -0.491 e. The first-order valence-corrected chi connectivity index (χ1v) is 9.86. The number of halogens is 3. The number of rotatable bonds is 6. The Morgan fingerprint density at radius 1 is 1.00 bits per heavy atom. The van der Waals surface area contributed by atoms with E-state index in [9.17, 15) is 18.3 Å². The highest BCUT2D eigenvalue weighted by Crippen LogP contribution is 2.30.